The molecule has 0 aromatic carbocycles. The topological polar surface area (TPSA) is 42.2 Å². The van der Waals surface area contributed by atoms with Crippen molar-refractivity contribution in [1.82, 2.24) is 4.98 Å². The minimum absolute atomic E-state index is 0.658. The van der Waals surface area contributed by atoms with Gasteiger partial charge < -0.3 is 10.6 Å². The van der Waals surface area contributed by atoms with Gasteiger partial charge in [-0.1, -0.05) is 12.8 Å². The zero-order valence-electron chi connectivity index (χ0n) is 11.2. The molecule has 4 heteroatoms. The minimum atomic E-state index is 0.658. The maximum absolute atomic E-state index is 5.88. The first kappa shape index (κ1) is 12.4. The maximum atomic E-state index is 5.88. The number of rotatable bonds is 5. The van der Waals surface area contributed by atoms with Crippen LogP contribution in [0, 0.1) is 0 Å². The van der Waals surface area contributed by atoms with Crippen molar-refractivity contribution in [2.45, 2.75) is 64.0 Å². The van der Waals surface area contributed by atoms with E-state index >= 15 is 0 Å². The van der Waals surface area contributed by atoms with E-state index in [9.17, 15) is 0 Å². The second kappa shape index (κ2) is 5.17. The van der Waals surface area contributed by atoms with Crippen molar-refractivity contribution in [3.8, 4) is 0 Å². The molecule has 0 aliphatic heterocycles. The number of hydrogen-bond acceptors (Lipinski definition) is 4. The average molecular weight is 265 g/mol. The van der Waals surface area contributed by atoms with Crippen LogP contribution in [0.5, 0.6) is 0 Å². The first-order chi connectivity index (χ1) is 8.83. The average Bonchev–Trinajstić information content (AvgIpc) is 2.92. The third-order valence-corrected chi connectivity index (χ3v) is 5.35. The van der Waals surface area contributed by atoms with Crippen LogP contribution in [0.3, 0.4) is 0 Å². The Hall–Kier alpha value is -0.610. The molecule has 100 valence electrons. The van der Waals surface area contributed by atoms with E-state index in [-0.39, 0.29) is 0 Å². The monoisotopic (exact) mass is 265 g/mol. The molecule has 2 N–H and O–H groups in total. The van der Waals surface area contributed by atoms with Crippen molar-refractivity contribution in [2.24, 2.45) is 5.73 Å². The molecule has 0 radical (unpaired) electrons. The number of hydrogen-bond donors (Lipinski definition) is 1. The Bertz CT molecular complexity index is 405. The normalized spacial score (nSPS) is 20.6. The Morgan fingerprint density at radius 2 is 2.00 bits per heavy atom. The van der Waals surface area contributed by atoms with Gasteiger partial charge in [0.15, 0.2) is 5.13 Å². The number of anilines is 1. The summed E-state index contributed by atoms with van der Waals surface area (Å²) in [6.07, 6.45) is 8.06. The summed E-state index contributed by atoms with van der Waals surface area (Å²) in [5, 5.41) is 1.23. The Balaban J connectivity index is 1.84. The van der Waals surface area contributed by atoms with Gasteiger partial charge in [0.05, 0.1) is 5.69 Å². The van der Waals surface area contributed by atoms with Gasteiger partial charge in [-0.2, -0.15) is 0 Å². The quantitative estimate of drug-likeness (QED) is 0.888. The summed E-state index contributed by atoms with van der Waals surface area (Å²) < 4.78 is 0. The van der Waals surface area contributed by atoms with Crippen molar-refractivity contribution in [3.05, 3.63) is 10.6 Å². The molecule has 2 aliphatic carbocycles. The van der Waals surface area contributed by atoms with Crippen LogP contribution in [0.1, 0.15) is 61.9 Å². The predicted molar refractivity (Wildman–Crippen MR) is 77.3 cm³/mol. The highest BCUT2D eigenvalue weighted by atomic mass is 32.1. The summed E-state index contributed by atoms with van der Waals surface area (Å²) >= 11 is 1.84. The molecule has 0 spiro atoms. The lowest BCUT2D eigenvalue weighted by Crippen LogP contribution is -2.32. The van der Waals surface area contributed by atoms with E-state index in [1.807, 2.05) is 11.3 Å². The maximum Gasteiger partial charge on any atom is 0.186 e. The molecule has 1 heterocycles. The molecular weight excluding hydrogens is 242 g/mol. The lowest BCUT2D eigenvalue weighted by Gasteiger charge is -2.26. The molecule has 2 saturated carbocycles. The van der Waals surface area contributed by atoms with Crippen LogP contribution in [0.25, 0.3) is 0 Å². The molecule has 3 nitrogen and oxygen atoms in total. The van der Waals surface area contributed by atoms with Crippen LogP contribution in [0.2, 0.25) is 0 Å². The fourth-order valence-corrected chi connectivity index (χ4v) is 4.22. The van der Waals surface area contributed by atoms with Gasteiger partial charge in [-0.3, -0.25) is 0 Å². The van der Waals surface area contributed by atoms with Crippen LogP contribution >= 0.6 is 11.3 Å². The Kier molecular flexibility index (Phi) is 3.57. The van der Waals surface area contributed by atoms with Gasteiger partial charge in [0, 0.05) is 29.9 Å². The molecule has 2 aliphatic rings. The highest BCUT2D eigenvalue weighted by Gasteiger charge is 2.31. The molecule has 0 saturated heterocycles. The van der Waals surface area contributed by atoms with E-state index in [0.717, 1.165) is 18.5 Å². The number of aromatic nitrogens is 1. The zero-order valence-corrected chi connectivity index (χ0v) is 12.0. The molecule has 2 fully saturated rings. The number of thiazole rings is 1. The Labute approximate surface area is 113 Å². The van der Waals surface area contributed by atoms with E-state index in [0.29, 0.717) is 6.54 Å². The molecule has 1 aromatic heterocycles. The van der Waals surface area contributed by atoms with E-state index in [1.54, 1.807) is 0 Å². The highest BCUT2D eigenvalue weighted by Crippen LogP contribution is 2.44. The molecule has 0 atom stereocenters. The Morgan fingerprint density at radius 3 is 2.56 bits per heavy atom. The van der Waals surface area contributed by atoms with Crippen molar-refractivity contribution < 1.29 is 0 Å². The van der Waals surface area contributed by atoms with Gasteiger partial charge in [-0.25, -0.2) is 4.98 Å². The van der Waals surface area contributed by atoms with Gasteiger partial charge >= 0.3 is 0 Å². The van der Waals surface area contributed by atoms with Gasteiger partial charge in [0.25, 0.3) is 0 Å². The third-order valence-electron chi connectivity index (χ3n) is 4.22. The summed E-state index contributed by atoms with van der Waals surface area (Å²) in [5.41, 5.74) is 7.19. The van der Waals surface area contributed by atoms with E-state index in [2.05, 4.69) is 11.8 Å². The summed E-state index contributed by atoms with van der Waals surface area (Å²) in [6, 6.07) is 0.721. The van der Waals surface area contributed by atoms with E-state index in [1.165, 1.54) is 54.2 Å². The van der Waals surface area contributed by atoms with Crippen LogP contribution in [0.15, 0.2) is 0 Å². The first-order valence-corrected chi connectivity index (χ1v) is 8.11. The fourth-order valence-electron chi connectivity index (χ4n) is 3.06. The number of nitrogens with zero attached hydrogens (tertiary/aromatic N) is 2. The molecule has 0 bridgehead atoms. The lowest BCUT2D eigenvalue weighted by atomic mass is 10.2. The van der Waals surface area contributed by atoms with Crippen molar-refractivity contribution in [2.75, 3.05) is 11.4 Å². The van der Waals surface area contributed by atoms with E-state index in [4.69, 9.17) is 10.7 Å². The van der Waals surface area contributed by atoms with Crippen LogP contribution < -0.4 is 10.6 Å². The molecule has 3 rings (SSSR count). The molecule has 0 unspecified atom stereocenters. The molecule has 0 amide bonds. The van der Waals surface area contributed by atoms with Gasteiger partial charge in [0.2, 0.25) is 0 Å². The minimum Gasteiger partial charge on any atom is -0.345 e. The van der Waals surface area contributed by atoms with E-state index < -0.39 is 0 Å². The van der Waals surface area contributed by atoms with Gasteiger partial charge in [-0.05, 0) is 32.6 Å². The zero-order chi connectivity index (χ0) is 12.5. The SMILES string of the molecule is CCN(c1nc(C2CC2)c(CN)s1)C1CCCC1. The molecule has 1 aromatic rings. The molecule has 18 heavy (non-hydrogen) atoms. The molecular formula is C14H23N3S. The standard InChI is InChI=1S/C14H23N3S/c1-2-17(11-5-3-4-6-11)14-16-13(10-7-8-10)12(9-15)18-14/h10-11H,2-9,15H2,1H3. The van der Waals surface area contributed by atoms with Crippen LogP contribution in [0.4, 0.5) is 5.13 Å². The summed E-state index contributed by atoms with van der Waals surface area (Å²) in [4.78, 5) is 8.76. The number of nitrogens with two attached hydrogens (primary N) is 1. The second-order valence-corrected chi connectivity index (χ2v) is 6.57. The summed E-state index contributed by atoms with van der Waals surface area (Å²) in [7, 11) is 0. The van der Waals surface area contributed by atoms with Gasteiger partial charge in [-0.15, -0.1) is 11.3 Å². The van der Waals surface area contributed by atoms with Crippen LogP contribution in [-0.2, 0) is 6.54 Å². The summed E-state index contributed by atoms with van der Waals surface area (Å²) in [5.74, 6) is 0.718. The van der Waals surface area contributed by atoms with Crippen molar-refractivity contribution in [3.63, 3.8) is 0 Å². The fraction of sp³-hybridized carbons (Fsp3) is 0.786. The second-order valence-electron chi connectivity index (χ2n) is 5.51. The third kappa shape index (κ3) is 2.28. The smallest absolute Gasteiger partial charge is 0.186 e. The largest absolute Gasteiger partial charge is 0.345 e. The predicted octanol–water partition coefficient (Wildman–Crippen LogP) is 3.25. The van der Waals surface area contributed by atoms with Crippen molar-refractivity contribution >= 4 is 16.5 Å². The van der Waals surface area contributed by atoms with Crippen LogP contribution in [-0.4, -0.2) is 17.6 Å². The van der Waals surface area contributed by atoms with Gasteiger partial charge in [0.1, 0.15) is 0 Å². The highest BCUT2D eigenvalue weighted by molar-refractivity contribution is 7.15. The lowest BCUT2D eigenvalue weighted by molar-refractivity contribution is 0.617. The Morgan fingerprint density at radius 1 is 1.28 bits per heavy atom. The first-order valence-electron chi connectivity index (χ1n) is 7.29. The van der Waals surface area contributed by atoms with Crippen molar-refractivity contribution in [1.29, 1.82) is 0 Å². The summed E-state index contributed by atoms with van der Waals surface area (Å²) in [6.45, 7) is 3.98.